The number of carbonyl (C=O) groups excluding carboxylic acids is 1. The van der Waals surface area contributed by atoms with E-state index >= 15 is 0 Å². The number of amides is 1. The second kappa shape index (κ2) is 5.11. The lowest BCUT2D eigenvalue weighted by molar-refractivity contribution is -0.119. The Bertz CT molecular complexity index is 316. The summed E-state index contributed by atoms with van der Waals surface area (Å²) in [5, 5.41) is 2.89. The Morgan fingerprint density at radius 2 is 2.36 bits per heavy atom. The largest absolute Gasteiger partial charge is 0.358 e. The molecule has 0 aliphatic rings. The predicted octanol–water partition coefficient (Wildman–Crippen LogP) is 0.764. The van der Waals surface area contributed by atoms with Crippen LogP contribution in [0.3, 0.4) is 0 Å². The molecule has 0 aliphatic heterocycles. The van der Waals surface area contributed by atoms with Crippen molar-refractivity contribution in [3.05, 3.63) is 5.15 Å². The van der Waals surface area contributed by atoms with Crippen molar-refractivity contribution in [2.24, 2.45) is 0 Å². The number of carbonyl (C=O) groups is 1. The van der Waals surface area contributed by atoms with Gasteiger partial charge in [-0.3, -0.25) is 4.79 Å². The number of nitrogens with one attached hydrogen (secondary N) is 1. The van der Waals surface area contributed by atoms with E-state index in [0.29, 0.717) is 17.5 Å². The van der Waals surface area contributed by atoms with E-state index in [-0.39, 0.29) is 12.5 Å². The normalized spacial score (nSPS) is 9.93. The average Bonchev–Trinajstić information content (AvgIpc) is 2.60. The molecule has 1 aromatic rings. The summed E-state index contributed by atoms with van der Waals surface area (Å²) in [6.45, 7) is 2.84. The van der Waals surface area contributed by atoms with Gasteiger partial charge in [0.05, 0.1) is 18.3 Å². The zero-order valence-corrected chi connectivity index (χ0v) is 9.52. The SMILES string of the molecule is CCN(CC(=O)NC)c1nsnc1Cl. The number of halogens is 1. The van der Waals surface area contributed by atoms with Crippen LogP contribution in [0.1, 0.15) is 6.92 Å². The molecule has 0 atom stereocenters. The molecule has 7 heteroatoms. The number of aromatic nitrogens is 2. The maximum atomic E-state index is 11.1. The highest BCUT2D eigenvalue weighted by Crippen LogP contribution is 2.22. The van der Waals surface area contributed by atoms with Crippen LogP contribution in [0.2, 0.25) is 5.15 Å². The van der Waals surface area contributed by atoms with Crippen molar-refractivity contribution in [1.29, 1.82) is 0 Å². The summed E-state index contributed by atoms with van der Waals surface area (Å²) < 4.78 is 7.86. The van der Waals surface area contributed by atoms with Crippen molar-refractivity contribution in [2.75, 3.05) is 25.0 Å². The maximum absolute atomic E-state index is 11.1. The minimum Gasteiger partial charge on any atom is -0.358 e. The Hall–Kier alpha value is -0.880. The third-order valence-corrected chi connectivity index (χ3v) is 2.60. The number of hydrogen-bond donors (Lipinski definition) is 1. The van der Waals surface area contributed by atoms with Crippen LogP contribution in [0.15, 0.2) is 0 Å². The van der Waals surface area contributed by atoms with Gasteiger partial charge in [-0.05, 0) is 6.92 Å². The van der Waals surface area contributed by atoms with Crippen molar-refractivity contribution in [2.45, 2.75) is 6.92 Å². The van der Waals surface area contributed by atoms with Gasteiger partial charge < -0.3 is 10.2 Å². The fraction of sp³-hybridized carbons (Fsp3) is 0.571. The number of hydrogen-bond acceptors (Lipinski definition) is 5. The van der Waals surface area contributed by atoms with Crippen LogP contribution in [-0.2, 0) is 4.79 Å². The topological polar surface area (TPSA) is 58.1 Å². The molecule has 0 aliphatic carbocycles. The third kappa shape index (κ3) is 2.55. The Balaban J connectivity index is 2.72. The van der Waals surface area contributed by atoms with Crippen molar-refractivity contribution < 1.29 is 4.79 Å². The smallest absolute Gasteiger partial charge is 0.239 e. The molecule has 0 spiro atoms. The molecule has 0 saturated heterocycles. The van der Waals surface area contributed by atoms with E-state index in [1.54, 1.807) is 11.9 Å². The molecule has 0 bridgehead atoms. The Kier molecular flexibility index (Phi) is 4.09. The summed E-state index contributed by atoms with van der Waals surface area (Å²) in [4.78, 5) is 12.9. The van der Waals surface area contributed by atoms with Crippen LogP contribution >= 0.6 is 23.3 Å². The van der Waals surface area contributed by atoms with Crippen LogP contribution in [0.25, 0.3) is 0 Å². The first-order chi connectivity index (χ1) is 6.69. The number of rotatable bonds is 4. The Morgan fingerprint density at radius 3 is 2.79 bits per heavy atom. The highest BCUT2D eigenvalue weighted by Gasteiger charge is 2.15. The van der Waals surface area contributed by atoms with E-state index in [4.69, 9.17) is 11.6 Å². The first-order valence-electron chi connectivity index (χ1n) is 4.12. The quantitative estimate of drug-likeness (QED) is 0.836. The molecule has 78 valence electrons. The summed E-state index contributed by atoms with van der Waals surface area (Å²) in [6, 6.07) is 0. The molecule has 0 saturated carbocycles. The monoisotopic (exact) mass is 234 g/mol. The van der Waals surface area contributed by atoms with Crippen LogP contribution in [0, 0.1) is 0 Å². The minimum absolute atomic E-state index is 0.0732. The fourth-order valence-electron chi connectivity index (χ4n) is 0.950. The van der Waals surface area contributed by atoms with E-state index in [1.165, 1.54) is 0 Å². The standard InChI is InChI=1S/C7H11ClN4OS/c1-3-12(4-5(13)9-2)7-6(8)10-14-11-7/h3-4H2,1-2H3,(H,9,13). The zero-order valence-electron chi connectivity index (χ0n) is 7.95. The summed E-state index contributed by atoms with van der Waals surface area (Å²) in [5.74, 6) is 0.499. The predicted molar refractivity (Wildman–Crippen MR) is 56.9 cm³/mol. The first kappa shape index (κ1) is 11.2. The summed E-state index contributed by atoms with van der Waals surface area (Å²) >= 11 is 6.84. The second-order valence-electron chi connectivity index (χ2n) is 2.57. The van der Waals surface area contributed by atoms with Crippen LogP contribution < -0.4 is 10.2 Å². The van der Waals surface area contributed by atoms with Crippen LogP contribution in [0.5, 0.6) is 0 Å². The zero-order chi connectivity index (χ0) is 10.6. The molecule has 0 fully saturated rings. The van der Waals surface area contributed by atoms with E-state index in [9.17, 15) is 4.79 Å². The van der Waals surface area contributed by atoms with Gasteiger partial charge in [-0.2, -0.15) is 8.75 Å². The van der Waals surface area contributed by atoms with Gasteiger partial charge in [0.15, 0.2) is 11.0 Å². The molecule has 1 rings (SSSR count). The summed E-state index contributed by atoms with van der Waals surface area (Å²) in [5.41, 5.74) is 0. The van der Waals surface area contributed by atoms with Gasteiger partial charge in [0.1, 0.15) is 0 Å². The molecule has 0 unspecified atom stereocenters. The van der Waals surface area contributed by atoms with E-state index in [1.807, 2.05) is 6.92 Å². The number of nitrogens with zero attached hydrogens (tertiary/aromatic N) is 3. The minimum atomic E-state index is -0.0732. The maximum Gasteiger partial charge on any atom is 0.239 e. The molecule has 1 heterocycles. The Morgan fingerprint density at radius 1 is 1.64 bits per heavy atom. The molecule has 1 amide bonds. The molecule has 14 heavy (non-hydrogen) atoms. The molecule has 0 radical (unpaired) electrons. The Labute approximate surface area is 91.4 Å². The van der Waals surface area contributed by atoms with Crippen LogP contribution in [-0.4, -0.2) is 34.8 Å². The van der Waals surface area contributed by atoms with Gasteiger partial charge >= 0.3 is 0 Å². The molecule has 1 N–H and O–H groups in total. The fourth-order valence-corrected chi connectivity index (χ4v) is 1.73. The molecule has 1 aromatic heterocycles. The van der Waals surface area contributed by atoms with E-state index in [2.05, 4.69) is 14.1 Å². The van der Waals surface area contributed by atoms with Crippen molar-refractivity contribution in [3.63, 3.8) is 0 Å². The molecular formula is C7H11ClN4OS. The van der Waals surface area contributed by atoms with Gasteiger partial charge in [0.25, 0.3) is 0 Å². The number of anilines is 1. The second-order valence-corrected chi connectivity index (χ2v) is 3.45. The number of likely N-dealkylation sites (N-methyl/N-ethyl adjacent to an activating group) is 2. The lowest BCUT2D eigenvalue weighted by Gasteiger charge is -2.18. The van der Waals surface area contributed by atoms with Crippen LogP contribution in [0.4, 0.5) is 5.82 Å². The third-order valence-electron chi connectivity index (χ3n) is 1.73. The first-order valence-corrected chi connectivity index (χ1v) is 5.23. The summed E-state index contributed by atoms with van der Waals surface area (Å²) in [7, 11) is 1.59. The highest BCUT2D eigenvalue weighted by molar-refractivity contribution is 6.99. The average molecular weight is 235 g/mol. The van der Waals surface area contributed by atoms with Gasteiger partial charge in [0.2, 0.25) is 5.91 Å². The van der Waals surface area contributed by atoms with Gasteiger partial charge in [0, 0.05) is 13.6 Å². The van der Waals surface area contributed by atoms with Crippen molar-refractivity contribution >= 4 is 35.1 Å². The van der Waals surface area contributed by atoms with Gasteiger partial charge in [-0.1, -0.05) is 11.6 Å². The van der Waals surface area contributed by atoms with E-state index in [0.717, 1.165) is 11.7 Å². The lowest BCUT2D eigenvalue weighted by Crippen LogP contribution is -2.35. The van der Waals surface area contributed by atoms with Crippen molar-refractivity contribution in [1.82, 2.24) is 14.1 Å². The van der Waals surface area contributed by atoms with Crippen molar-refractivity contribution in [3.8, 4) is 0 Å². The van der Waals surface area contributed by atoms with Gasteiger partial charge in [-0.15, -0.1) is 0 Å². The van der Waals surface area contributed by atoms with Gasteiger partial charge in [-0.25, -0.2) is 0 Å². The molecule has 5 nitrogen and oxygen atoms in total. The lowest BCUT2D eigenvalue weighted by atomic mass is 10.4. The molecular weight excluding hydrogens is 224 g/mol. The highest BCUT2D eigenvalue weighted by atomic mass is 35.5. The molecule has 0 aromatic carbocycles. The van der Waals surface area contributed by atoms with E-state index < -0.39 is 0 Å². The summed E-state index contributed by atoms with van der Waals surface area (Å²) in [6.07, 6.45) is 0.